The first-order chi connectivity index (χ1) is 9.85. The Morgan fingerprint density at radius 1 is 1.38 bits per heavy atom. The monoisotopic (exact) mass is 292 g/mol. The Hall–Kier alpha value is -2.05. The highest BCUT2D eigenvalue weighted by atomic mass is 16.6. The number of ether oxygens (including phenoxy) is 2. The van der Waals surface area contributed by atoms with E-state index >= 15 is 0 Å². The van der Waals surface area contributed by atoms with Gasteiger partial charge in [-0.1, -0.05) is 0 Å². The van der Waals surface area contributed by atoms with Gasteiger partial charge >= 0.3 is 5.97 Å². The molecule has 0 saturated heterocycles. The highest BCUT2D eigenvalue weighted by Crippen LogP contribution is 2.47. The fourth-order valence-electron chi connectivity index (χ4n) is 2.96. The van der Waals surface area contributed by atoms with Gasteiger partial charge in [-0.15, -0.1) is 0 Å². The van der Waals surface area contributed by atoms with Gasteiger partial charge in [-0.3, -0.25) is 0 Å². The fraction of sp³-hybridized carbons (Fsp3) is 0.400. The molecule has 1 aliphatic heterocycles. The second-order valence-corrected chi connectivity index (χ2v) is 5.53. The normalized spacial score (nSPS) is 30.9. The van der Waals surface area contributed by atoms with Crippen molar-refractivity contribution in [2.75, 3.05) is 7.11 Å². The van der Waals surface area contributed by atoms with Gasteiger partial charge in [0.25, 0.3) is 0 Å². The van der Waals surface area contributed by atoms with E-state index in [1.165, 1.54) is 19.3 Å². The van der Waals surface area contributed by atoms with E-state index in [4.69, 9.17) is 9.47 Å². The number of aliphatic hydroxyl groups excluding tert-OH is 2. The summed E-state index contributed by atoms with van der Waals surface area (Å²) >= 11 is 0. The Bertz CT molecular complexity index is 650. The first-order valence-corrected chi connectivity index (χ1v) is 6.59. The maximum absolute atomic E-state index is 12.2. The molecule has 0 saturated carbocycles. The van der Waals surface area contributed by atoms with E-state index in [-0.39, 0.29) is 17.7 Å². The molecule has 6 nitrogen and oxygen atoms in total. The maximum Gasteiger partial charge on any atom is 0.343 e. The number of carbonyl (C=O) groups excluding carboxylic acids is 1. The summed E-state index contributed by atoms with van der Waals surface area (Å²) in [5, 5.41) is 29.7. The predicted octanol–water partition coefficient (Wildman–Crippen LogP) is 0.839. The molecule has 112 valence electrons. The van der Waals surface area contributed by atoms with Crippen molar-refractivity contribution >= 4 is 11.5 Å². The summed E-state index contributed by atoms with van der Waals surface area (Å²) in [5.74, 6) is -0.504. The first-order valence-electron chi connectivity index (χ1n) is 6.59. The summed E-state index contributed by atoms with van der Waals surface area (Å²) < 4.78 is 10.5. The van der Waals surface area contributed by atoms with Crippen LogP contribution in [0.25, 0.3) is 5.57 Å². The standard InChI is InChI=1S/C15H16O6/c1-15-6-12(18)10(16)5-9(15)8-3-7(20-2)4-11(17)13(8)14(19)21-15/h3-5,10,12,16-18H,6H2,1-2H3/t10?,12?,15-/m0/s1. The number of aromatic hydroxyl groups is 1. The molecule has 0 bridgehead atoms. The maximum atomic E-state index is 12.2. The molecule has 0 amide bonds. The Kier molecular flexibility index (Phi) is 2.96. The van der Waals surface area contributed by atoms with Crippen molar-refractivity contribution in [3.05, 3.63) is 29.3 Å². The summed E-state index contributed by atoms with van der Waals surface area (Å²) in [5.41, 5.74) is 0.0189. The Labute approximate surface area is 121 Å². The van der Waals surface area contributed by atoms with Crippen LogP contribution in [0.3, 0.4) is 0 Å². The quantitative estimate of drug-likeness (QED) is 0.664. The number of methoxy groups -OCH3 is 1. The third kappa shape index (κ3) is 1.99. The lowest BCUT2D eigenvalue weighted by Gasteiger charge is -2.42. The van der Waals surface area contributed by atoms with Crippen LogP contribution in [-0.4, -0.2) is 46.2 Å². The number of esters is 1. The van der Waals surface area contributed by atoms with Crippen molar-refractivity contribution in [1.29, 1.82) is 0 Å². The molecular weight excluding hydrogens is 276 g/mol. The molecule has 21 heavy (non-hydrogen) atoms. The minimum absolute atomic E-state index is 0.0446. The number of fused-ring (bicyclic) bond motifs is 3. The van der Waals surface area contributed by atoms with E-state index in [1.54, 1.807) is 13.0 Å². The van der Waals surface area contributed by atoms with E-state index in [0.29, 0.717) is 16.9 Å². The smallest absolute Gasteiger partial charge is 0.343 e. The molecule has 1 aliphatic carbocycles. The number of benzene rings is 1. The van der Waals surface area contributed by atoms with Crippen molar-refractivity contribution in [3.63, 3.8) is 0 Å². The third-order valence-electron chi connectivity index (χ3n) is 4.04. The van der Waals surface area contributed by atoms with Gasteiger partial charge in [0, 0.05) is 23.6 Å². The highest BCUT2D eigenvalue weighted by Gasteiger charge is 2.47. The molecule has 2 aliphatic rings. The molecule has 3 N–H and O–H groups in total. The van der Waals surface area contributed by atoms with Crippen molar-refractivity contribution in [1.82, 2.24) is 0 Å². The second kappa shape index (κ2) is 4.47. The van der Waals surface area contributed by atoms with Crippen LogP contribution >= 0.6 is 0 Å². The average molecular weight is 292 g/mol. The van der Waals surface area contributed by atoms with Gasteiger partial charge in [-0.05, 0) is 19.1 Å². The highest BCUT2D eigenvalue weighted by molar-refractivity contribution is 6.03. The van der Waals surface area contributed by atoms with Gasteiger partial charge in [0.05, 0.1) is 19.3 Å². The zero-order valence-electron chi connectivity index (χ0n) is 11.7. The summed E-state index contributed by atoms with van der Waals surface area (Å²) in [6, 6.07) is 2.95. The molecule has 6 heteroatoms. The second-order valence-electron chi connectivity index (χ2n) is 5.53. The van der Waals surface area contributed by atoms with E-state index in [0.717, 1.165) is 0 Å². The molecule has 1 aromatic carbocycles. The van der Waals surface area contributed by atoms with E-state index in [9.17, 15) is 20.1 Å². The topological polar surface area (TPSA) is 96.2 Å². The third-order valence-corrected chi connectivity index (χ3v) is 4.04. The Morgan fingerprint density at radius 2 is 2.10 bits per heavy atom. The molecule has 0 aromatic heterocycles. The first kappa shape index (κ1) is 13.9. The van der Waals surface area contributed by atoms with E-state index in [2.05, 4.69) is 0 Å². The van der Waals surface area contributed by atoms with Crippen molar-refractivity contribution in [2.24, 2.45) is 0 Å². The average Bonchev–Trinajstić information content (AvgIpc) is 2.40. The van der Waals surface area contributed by atoms with Gasteiger partial charge in [-0.25, -0.2) is 4.79 Å². The number of aliphatic hydroxyl groups is 2. The SMILES string of the molecule is COc1cc(O)c2c(c1)C1=CC(O)C(O)C[C@]1(C)OC2=O. The molecule has 3 rings (SSSR count). The summed E-state index contributed by atoms with van der Waals surface area (Å²) in [4.78, 5) is 12.2. The van der Waals surface area contributed by atoms with Crippen LogP contribution in [-0.2, 0) is 4.74 Å². The minimum atomic E-state index is -1.05. The molecule has 1 aromatic rings. The van der Waals surface area contributed by atoms with Gasteiger partial charge in [0.15, 0.2) is 0 Å². The number of carbonyl (C=O) groups is 1. The van der Waals surface area contributed by atoms with Gasteiger partial charge in [0.1, 0.15) is 22.7 Å². The van der Waals surface area contributed by atoms with Crippen LogP contribution in [0, 0.1) is 0 Å². The molecule has 2 unspecified atom stereocenters. The largest absolute Gasteiger partial charge is 0.507 e. The number of phenols is 1. The molecular formula is C15H16O6. The van der Waals surface area contributed by atoms with Crippen LogP contribution in [0.2, 0.25) is 0 Å². The molecule has 0 spiro atoms. The Balaban J connectivity index is 2.26. The number of rotatable bonds is 1. The van der Waals surface area contributed by atoms with Crippen molar-refractivity contribution < 1.29 is 29.6 Å². The van der Waals surface area contributed by atoms with Crippen LogP contribution in [0.5, 0.6) is 11.5 Å². The van der Waals surface area contributed by atoms with Crippen molar-refractivity contribution in [2.45, 2.75) is 31.2 Å². The number of hydrogen-bond acceptors (Lipinski definition) is 6. The molecule has 1 heterocycles. The van der Waals surface area contributed by atoms with Gasteiger partial charge in [-0.2, -0.15) is 0 Å². The number of phenolic OH excluding ortho intramolecular Hbond substituents is 1. The Morgan fingerprint density at radius 3 is 2.76 bits per heavy atom. The molecule has 0 radical (unpaired) electrons. The van der Waals surface area contributed by atoms with Gasteiger partial charge < -0.3 is 24.8 Å². The lowest BCUT2D eigenvalue weighted by Crippen LogP contribution is -2.47. The molecule has 0 fully saturated rings. The van der Waals surface area contributed by atoms with Gasteiger partial charge in [0.2, 0.25) is 0 Å². The summed E-state index contributed by atoms with van der Waals surface area (Å²) in [7, 11) is 1.45. The van der Waals surface area contributed by atoms with Crippen LogP contribution < -0.4 is 4.74 Å². The predicted molar refractivity (Wildman–Crippen MR) is 73.1 cm³/mol. The van der Waals surface area contributed by atoms with Crippen LogP contribution in [0.4, 0.5) is 0 Å². The lowest BCUT2D eigenvalue weighted by atomic mass is 9.75. The zero-order chi connectivity index (χ0) is 15.4. The number of hydrogen-bond donors (Lipinski definition) is 3. The minimum Gasteiger partial charge on any atom is -0.507 e. The zero-order valence-corrected chi connectivity index (χ0v) is 11.7. The summed E-state index contributed by atoms with van der Waals surface area (Å²) in [6.45, 7) is 1.67. The van der Waals surface area contributed by atoms with E-state index < -0.39 is 23.8 Å². The fourth-order valence-corrected chi connectivity index (χ4v) is 2.96. The lowest BCUT2D eigenvalue weighted by molar-refractivity contribution is -0.0387. The van der Waals surface area contributed by atoms with Crippen molar-refractivity contribution in [3.8, 4) is 11.5 Å². The summed E-state index contributed by atoms with van der Waals surface area (Å²) in [6.07, 6.45) is -0.514. The molecule has 3 atom stereocenters. The van der Waals surface area contributed by atoms with Crippen LogP contribution in [0.1, 0.15) is 29.3 Å². The van der Waals surface area contributed by atoms with Crippen LogP contribution in [0.15, 0.2) is 18.2 Å². The van der Waals surface area contributed by atoms with E-state index in [1.807, 2.05) is 0 Å².